The Labute approximate surface area is 182 Å². The Morgan fingerprint density at radius 2 is 2.13 bits per heavy atom. The zero-order chi connectivity index (χ0) is 21.5. The van der Waals surface area contributed by atoms with Crippen LogP contribution in [0, 0.1) is 0 Å². The van der Waals surface area contributed by atoms with Crippen LogP contribution in [0.1, 0.15) is 32.2 Å². The Morgan fingerprint density at radius 1 is 1.26 bits per heavy atom. The summed E-state index contributed by atoms with van der Waals surface area (Å²) in [6.45, 7) is 2.67. The Balaban J connectivity index is 1.79. The SMILES string of the molecule is CCC1CC(n2c(=O)nc(-c3ccc(OC)nc3)c3oc4ccc(Cl)nc4c32)CCO1. The van der Waals surface area contributed by atoms with Gasteiger partial charge in [-0.25, -0.2) is 14.8 Å². The summed E-state index contributed by atoms with van der Waals surface area (Å²) in [5.41, 5.74) is 2.88. The highest BCUT2D eigenvalue weighted by atomic mass is 35.5. The standard InChI is InChI=1S/C22H21ClN4O4/c1-3-14-10-13(8-9-30-14)27-20-19-15(5-6-16(23)25-19)31-21(20)18(26-22(27)28)12-4-7-17(29-2)24-11-12/h4-7,11,13-14H,3,8-10H2,1-2H3. The van der Waals surface area contributed by atoms with E-state index < -0.39 is 0 Å². The van der Waals surface area contributed by atoms with Gasteiger partial charge in [0.25, 0.3) is 0 Å². The smallest absolute Gasteiger partial charge is 0.349 e. The molecule has 1 saturated heterocycles. The van der Waals surface area contributed by atoms with Crippen LogP contribution in [0.2, 0.25) is 5.15 Å². The number of furan rings is 1. The van der Waals surface area contributed by atoms with Crippen molar-refractivity contribution >= 4 is 33.8 Å². The van der Waals surface area contributed by atoms with Gasteiger partial charge in [0.1, 0.15) is 21.9 Å². The first-order valence-electron chi connectivity index (χ1n) is 10.2. The molecule has 1 fully saturated rings. The van der Waals surface area contributed by atoms with Gasteiger partial charge >= 0.3 is 5.69 Å². The predicted molar refractivity (Wildman–Crippen MR) is 117 cm³/mol. The van der Waals surface area contributed by atoms with E-state index in [9.17, 15) is 4.79 Å². The number of nitrogens with zero attached hydrogens (tertiary/aromatic N) is 4. The molecule has 1 aliphatic heterocycles. The lowest BCUT2D eigenvalue weighted by Crippen LogP contribution is -2.34. The van der Waals surface area contributed by atoms with Crippen LogP contribution in [0.15, 0.2) is 39.7 Å². The molecule has 8 nitrogen and oxygen atoms in total. The van der Waals surface area contributed by atoms with Gasteiger partial charge in [-0.1, -0.05) is 18.5 Å². The first kappa shape index (κ1) is 20.0. The molecule has 5 heterocycles. The monoisotopic (exact) mass is 440 g/mol. The van der Waals surface area contributed by atoms with E-state index in [1.807, 2.05) is 0 Å². The van der Waals surface area contributed by atoms with Gasteiger partial charge in [0.15, 0.2) is 11.2 Å². The molecule has 0 aromatic carbocycles. The van der Waals surface area contributed by atoms with Gasteiger partial charge < -0.3 is 13.9 Å². The van der Waals surface area contributed by atoms with Crippen molar-refractivity contribution in [1.29, 1.82) is 0 Å². The predicted octanol–water partition coefficient (Wildman–Crippen LogP) is 4.39. The number of methoxy groups -OCH3 is 1. The fourth-order valence-corrected chi connectivity index (χ4v) is 4.32. The molecule has 0 bridgehead atoms. The number of hydrogen-bond donors (Lipinski definition) is 0. The fraction of sp³-hybridized carbons (Fsp3) is 0.364. The molecule has 2 unspecified atom stereocenters. The lowest BCUT2D eigenvalue weighted by Gasteiger charge is -2.30. The molecule has 0 radical (unpaired) electrons. The molecule has 1 aliphatic rings. The highest BCUT2D eigenvalue weighted by molar-refractivity contribution is 6.30. The number of pyridine rings is 2. The van der Waals surface area contributed by atoms with Crippen molar-refractivity contribution < 1.29 is 13.9 Å². The molecule has 0 spiro atoms. The van der Waals surface area contributed by atoms with Crippen molar-refractivity contribution in [3.8, 4) is 17.1 Å². The largest absolute Gasteiger partial charge is 0.481 e. The summed E-state index contributed by atoms with van der Waals surface area (Å²) in [4.78, 5) is 26.5. The van der Waals surface area contributed by atoms with E-state index in [-0.39, 0.29) is 17.8 Å². The van der Waals surface area contributed by atoms with E-state index >= 15 is 0 Å². The highest BCUT2D eigenvalue weighted by Crippen LogP contribution is 2.36. The Hall–Kier alpha value is -2.97. The van der Waals surface area contributed by atoms with E-state index in [0.29, 0.717) is 57.5 Å². The molecule has 0 amide bonds. The first-order chi connectivity index (χ1) is 15.1. The topological polar surface area (TPSA) is 92.3 Å². The molecule has 4 aromatic rings. The van der Waals surface area contributed by atoms with Crippen LogP contribution in [0.4, 0.5) is 0 Å². The molecule has 9 heteroatoms. The molecular formula is C22H21ClN4O4. The van der Waals surface area contributed by atoms with Gasteiger partial charge in [0.2, 0.25) is 5.88 Å². The van der Waals surface area contributed by atoms with Crippen LogP contribution in [0.25, 0.3) is 33.5 Å². The molecule has 0 aliphatic carbocycles. The van der Waals surface area contributed by atoms with E-state index in [4.69, 9.17) is 25.5 Å². The van der Waals surface area contributed by atoms with Crippen molar-refractivity contribution in [2.45, 2.75) is 38.3 Å². The van der Waals surface area contributed by atoms with Gasteiger partial charge in [-0.15, -0.1) is 0 Å². The minimum atomic E-state index is -0.357. The number of aromatic nitrogens is 4. The van der Waals surface area contributed by atoms with Crippen LogP contribution >= 0.6 is 11.6 Å². The van der Waals surface area contributed by atoms with Gasteiger partial charge in [0.05, 0.1) is 13.2 Å². The summed E-state index contributed by atoms with van der Waals surface area (Å²) in [5, 5.41) is 0.331. The van der Waals surface area contributed by atoms with Gasteiger partial charge in [-0.3, -0.25) is 4.57 Å². The number of ether oxygens (including phenoxy) is 2. The molecule has 5 rings (SSSR count). The summed E-state index contributed by atoms with van der Waals surface area (Å²) in [6, 6.07) is 6.88. The Kier molecular flexibility index (Phi) is 5.11. The number of halogens is 1. The average Bonchev–Trinajstić information content (AvgIpc) is 3.17. The van der Waals surface area contributed by atoms with Crippen molar-refractivity contribution in [2.24, 2.45) is 0 Å². The summed E-state index contributed by atoms with van der Waals surface area (Å²) in [6.07, 6.45) is 4.03. The third kappa shape index (κ3) is 3.45. The van der Waals surface area contributed by atoms with Crippen LogP contribution in [-0.2, 0) is 4.74 Å². The number of fused-ring (bicyclic) bond motifs is 3. The van der Waals surface area contributed by atoms with Crippen molar-refractivity contribution in [2.75, 3.05) is 13.7 Å². The van der Waals surface area contributed by atoms with Crippen LogP contribution in [0.5, 0.6) is 5.88 Å². The first-order valence-corrected chi connectivity index (χ1v) is 10.6. The molecular weight excluding hydrogens is 420 g/mol. The van der Waals surface area contributed by atoms with Crippen LogP contribution in [-0.4, -0.2) is 39.3 Å². The fourth-order valence-electron chi connectivity index (χ4n) is 4.17. The Morgan fingerprint density at radius 3 is 2.87 bits per heavy atom. The summed E-state index contributed by atoms with van der Waals surface area (Å²) < 4.78 is 18.8. The third-order valence-corrected chi connectivity index (χ3v) is 5.93. The Bertz CT molecular complexity index is 1320. The zero-order valence-corrected chi connectivity index (χ0v) is 17.9. The summed E-state index contributed by atoms with van der Waals surface area (Å²) in [7, 11) is 1.55. The maximum absolute atomic E-state index is 13.3. The number of rotatable bonds is 4. The molecule has 160 valence electrons. The van der Waals surface area contributed by atoms with Crippen molar-refractivity contribution in [1.82, 2.24) is 19.5 Å². The average molecular weight is 441 g/mol. The van der Waals surface area contributed by atoms with Gasteiger partial charge in [0, 0.05) is 30.5 Å². The van der Waals surface area contributed by atoms with E-state index in [1.165, 1.54) is 0 Å². The molecule has 0 N–H and O–H groups in total. The van der Waals surface area contributed by atoms with E-state index in [0.717, 1.165) is 12.8 Å². The lowest BCUT2D eigenvalue weighted by atomic mass is 10.0. The van der Waals surface area contributed by atoms with E-state index in [1.54, 1.807) is 42.1 Å². The molecule has 0 saturated carbocycles. The summed E-state index contributed by atoms with van der Waals surface area (Å²) in [5.74, 6) is 0.471. The highest BCUT2D eigenvalue weighted by Gasteiger charge is 2.29. The second kappa shape index (κ2) is 7.94. The molecule has 31 heavy (non-hydrogen) atoms. The van der Waals surface area contributed by atoms with Gasteiger partial charge in [-0.2, -0.15) is 4.98 Å². The van der Waals surface area contributed by atoms with Crippen LogP contribution in [0.3, 0.4) is 0 Å². The second-order valence-corrected chi connectivity index (χ2v) is 7.93. The number of hydrogen-bond acceptors (Lipinski definition) is 7. The minimum absolute atomic E-state index is 0.0641. The lowest BCUT2D eigenvalue weighted by molar-refractivity contribution is -0.00710. The zero-order valence-electron chi connectivity index (χ0n) is 17.2. The van der Waals surface area contributed by atoms with Crippen molar-refractivity contribution in [3.05, 3.63) is 46.1 Å². The third-order valence-electron chi connectivity index (χ3n) is 5.72. The van der Waals surface area contributed by atoms with Crippen molar-refractivity contribution in [3.63, 3.8) is 0 Å². The maximum Gasteiger partial charge on any atom is 0.349 e. The summed E-state index contributed by atoms with van der Waals surface area (Å²) >= 11 is 6.19. The normalized spacial score (nSPS) is 19.2. The maximum atomic E-state index is 13.3. The van der Waals surface area contributed by atoms with E-state index in [2.05, 4.69) is 21.9 Å². The van der Waals surface area contributed by atoms with Crippen LogP contribution < -0.4 is 10.4 Å². The van der Waals surface area contributed by atoms with Gasteiger partial charge in [-0.05, 0) is 37.5 Å². The quantitative estimate of drug-likeness (QED) is 0.434. The molecule has 4 aromatic heterocycles. The minimum Gasteiger partial charge on any atom is -0.481 e. The second-order valence-electron chi connectivity index (χ2n) is 7.54. The molecule has 2 atom stereocenters.